The zero-order chi connectivity index (χ0) is 16.3. The third-order valence-corrected chi connectivity index (χ3v) is 5.68. The molecule has 130 valence electrons. The quantitative estimate of drug-likeness (QED) is 0.598. The molecule has 10 heteroatoms. The molecule has 3 N–H and O–H groups in total. The minimum absolute atomic E-state index is 0. The van der Waals surface area contributed by atoms with E-state index < -0.39 is 25.5 Å². The molecule has 0 spiro atoms. The highest BCUT2D eigenvalue weighted by Crippen LogP contribution is 2.29. The lowest BCUT2D eigenvalue weighted by Crippen LogP contribution is -2.44. The highest BCUT2D eigenvalue weighted by Gasteiger charge is 2.32. The van der Waals surface area contributed by atoms with Gasteiger partial charge in [0.25, 0.3) is 5.69 Å². The Hall–Kier alpha value is -0.930. The summed E-state index contributed by atoms with van der Waals surface area (Å²) < 4.78 is 27.6. The molecule has 0 aromatic heterocycles. The largest absolute Gasteiger partial charge is 0.330 e. The Balaban J connectivity index is 0.00000264. The molecule has 0 aliphatic heterocycles. The fourth-order valence-electron chi connectivity index (χ4n) is 2.76. The van der Waals surface area contributed by atoms with Crippen molar-refractivity contribution in [2.45, 2.75) is 36.6 Å². The lowest BCUT2D eigenvalue weighted by molar-refractivity contribution is -0.387. The number of hydrogen-bond donors (Lipinski definition) is 2. The Labute approximate surface area is 146 Å². The Morgan fingerprint density at radius 2 is 2.00 bits per heavy atom. The van der Waals surface area contributed by atoms with Gasteiger partial charge < -0.3 is 5.73 Å². The van der Waals surface area contributed by atoms with Crippen molar-refractivity contribution in [2.24, 2.45) is 11.7 Å². The van der Waals surface area contributed by atoms with Gasteiger partial charge in [-0.05, 0) is 37.4 Å². The van der Waals surface area contributed by atoms with E-state index in [4.69, 9.17) is 17.3 Å². The number of benzene rings is 1. The van der Waals surface area contributed by atoms with Gasteiger partial charge >= 0.3 is 0 Å². The predicted octanol–water partition coefficient (Wildman–Crippen LogP) is 2.47. The van der Waals surface area contributed by atoms with Crippen molar-refractivity contribution in [3.63, 3.8) is 0 Å². The molecule has 0 amide bonds. The van der Waals surface area contributed by atoms with E-state index >= 15 is 0 Å². The molecule has 0 bridgehead atoms. The van der Waals surface area contributed by atoms with Crippen LogP contribution in [0.1, 0.15) is 25.7 Å². The Bertz CT molecular complexity index is 669. The number of nitro benzene ring substituents is 1. The number of rotatable bonds is 5. The van der Waals surface area contributed by atoms with E-state index in [1.165, 1.54) is 6.07 Å². The summed E-state index contributed by atoms with van der Waals surface area (Å²) in [7, 11) is -4.03. The number of nitrogens with two attached hydrogens (primary N) is 1. The van der Waals surface area contributed by atoms with E-state index in [0.717, 1.165) is 31.4 Å². The van der Waals surface area contributed by atoms with Crippen LogP contribution in [0.25, 0.3) is 0 Å². The van der Waals surface area contributed by atoms with Gasteiger partial charge in [0.2, 0.25) is 10.0 Å². The van der Waals surface area contributed by atoms with Crippen molar-refractivity contribution in [1.29, 1.82) is 0 Å². The second-order valence-electron chi connectivity index (χ2n) is 5.38. The van der Waals surface area contributed by atoms with Gasteiger partial charge in [-0.15, -0.1) is 12.4 Å². The first-order valence-corrected chi connectivity index (χ1v) is 8.87. The molecule has 0 heterocycles. The monoisotopic (exact) mass is 383 g/mol. The molecular formula is C13H19Cl2N3O4S. The fourth-order valence-corrected chi connectivity index (χ4v) is 4.53. The molecule has 1 aliphatic carbocycles. The minimum atomic E-state index is -4.03. The van der Waals surface area contributed by atoms with Crippen LogP contribution in [0.3, 0.4) is 0 Å². The minimum Gasteiger partial charge on any atom is -0.330 e. The van der Waals surface area contributed by atoms with Crippen molar-refractivity contribution >= 4 is 39.7 Å². The van der Waals surface area contributed by atoms with Crippen molar-refractivity contribution in [1.82, 2.24) is 4.72 Å². The second-order valence-corrected chi connectivity index (χ2v) is 7.50. The second kappa shape index (κ2) is 8.25. The molecule has 2 unspecified atom stereocenters. The first-order valence-electron chi connectivity index (χ1n) is 7.01. The molecular weight excluding hydrogens is 365 g/mol. The van der Waals surface area contributed by atoms with E-state index in [2.05, 4.69) is 4.72 Å². The standard InChI is InChI=1S/C13H18ClN3O4S.ClH/c14-10-5-6-12(17(18)19)13(7-10)22(20,21)16-11-4-2-1-3-9(11)8-15;/h5-7,9,11,16H,1-4,8,15H2;1H. The van der Waals surface area contributed by atoms with Crippen LogP contribution in [0.4, 0.5) is 5.69 Å². The van der Waals surface area contributed by atoms with Gasteiger partial charge in [-0.2, -0.15) is 0 Å². The smallest absolute Gasteiger partial charge is 0.289 e. The Morgan fingerprint density at radius 3 is 2.61 bits per heavy atom. The van der Waals surface area contributed by atoms with E-state index in [1.807, 2.05) is 0 Å². The van der Waals surface area contributed by atoms with Crippen LogP contribution in [-0.2, 0) is 10.0 Å². The maximum absolute atomic E-state index is 12.5. The van der Waals surface area contributed by atoms with Crippen LogP contribution in [-0.4, -0.2) is 25.9 Å². The van der Waals surface area contributed by atoms with E-state index in [9.17, 15) is 18.5 Å². The molecule has 2 rings (SSSR count). The normalized spacial score (nSPS) is 21.5. The topological polar surface area (TPSA) is 115 Å². The van der Waals surface area contributed by atoms with Crippen molar-refractivity contribution < 1.29 is 13.3 Å². The van der Waals surface area contributed by atoms with E-state index in [-0.39, 0.29) is 29.4 Å². The Kier molecular flexibility index (Phi) is 7.22. The summed E-state index contributed by atoms with van der Waals surface area (Å²) in [5.74, 6) is 0.0433. The zero-order valence-electron chi connectivity index (χ0n) is 12.3. The SMILES string of the molecule is Cl.NCC1CCCCC1NS(=O)(=O)c1cc(Cl)ccc1[N+](=O)[O-]. The third-order valence-electron chi connectivity index (χ3n) is 3.93. The highest BCUT2D eigenvalue weighted by molar-refractivity contribution is 7.89. The number of hydrogen-bond acceptors (Lipinski definition) is 5. The van der Waals surface area contributed by atoms with Crippen LogP contribution < -0.4 is 10.5 Å². The Morgan fingerprint density at radius 1 is 1.35 bits per heavy atom. The first-order chi connectivity index (χ1) is 10.3. The predicted molar refractivity (Wildman–Crippen MR) is 90.5 cm³/mol. The maximum Gasteiger partial charge on any atom is 0.289 e. The molecule has 1 aromatic rings. The number of sulfonamides is 1. The summed E-state index contributed by atoms with van der Waals surface area (Å²) in [5.41, 5.74) is 5.20. The van der Waals surface area contributed by atoms with Crippen LogP contribution in [0, 0.1) is 16.0 Å². The van der Waals surface area contributed by atoms with Crippen molar-refractivity contribution in [2.75, 3.05) is 6.54 Å². The van der Waals surface area contributed by atoms with Crippen molar-refractivity contribution in [3.8, 4) is 0 Å². The summed E-state index contributed by atoms with van der Waals surface area (Å²) in [6, 6.07) is 3.19. The van der Waals surface area contributed by atoms with E-state index in [1.54, 1.807) is 0 Å². The molecule has 7 nitrogen and oxygen atoms in total. The number of nitrogens with one attached hydrogen (secondary N) is 1. The fraction of sp³-hybridized carbons (Fsp3) is 0.538. The average molecular weight is 384 g/mol. The van der Waals surface area contributed by atoms with Gasteiger partial charge in [-0.25, -0.2) is 13.1 Å². The summed E-state index contributed by atoms with van der Waals surface area (Å²) >= 11 is 5.79. The van der Waals surface area contributed by atoms with Gasteiger partial charge in [0.15, 0.2) is 4.90 Å². The molecule has 0 saturated heterocycles. The summed E-state index contributed by atoms with van der Waals surface area (Å²) in [5, 5.41) is 11.2. The molecule has 1 aromatic carbocycles. The van der Waals surface area contributed by atoms with Crippen LogP contribution in [0.5, 0.6) is 0 Å². The summed E-state index contributed by atoms with van der Waals surface area (Å²) in [6.07, 6.45) is 3.44. The van der Waals surface area contributed by atoms with Gasteiger partial charge in [-0.1, -0.05) is 24.4 Å². The molecule has 1 aliphatic rings. The first kappa shape index (κ1) is 20.1. The number of halogens is 2. The maximum atomic E-state index is 12.5. The number of nitro groups is 1. The number of nitrogens with zero attached hydrogens (tertiary/aromatic N) is 1. The van der Waals surface area contributed by atoms with E-state index in [0.29, 0.717) is 13.0 Å². The van der Waals surface area contributed by atoms with Crippen LogP contribution >= 0.6 is 24.0 Å². The molecule has 1 fully saturated rings. The molecule has 1 saturated carbocycles. The van der Waals surface area contributed by atoms with Crippen molar-refractivity contribution in [3.05, 3.63) is 33.3 Å². The van der Waals surface area contributed by atoms with Crippen LogP contribution in [0.2, 0.25) is 5.02 Å². The van der Waals surface area contributed by atoms with Gasteiger partial charge in [-0.3, -0.25) is 10.1 Å². The lowest BCUT2D eigenvalue weighted by Gasteiger charge is -2.30. The third kappa shape index (κ3) is 4.77. The molecule has 23 heavy (non-hydrogen) atoms. The summed E-state index contributed by atoms with van der Waals surface area (Å²) in [6.45, 7) is 0.380. The van der Waals surface area contributed by atoms with Gasteiger partial charge in [0, 0.05) is 17.1 Å². The van der Waals surface area contributed by atoms with Crippen LogP contribution in [0.15, 0.2) is 23.1 Å². The van der Waals surface area contributed by atoms with Gasteiger partial charge in [0.1, 0.15) is 0 Å². The van der Waals surface area contributed by atoms with Gasteiger partial charge in [0.05, 0.1) is 4.92 Å². The molecule has 0 radical (unpaired) electrons. The lowest BCUT2D eigenvalue weighted by atomic mass is 9.85. The highest BCUT2D eigenvalue weighted by atomic mass is 35.5. The summed E-state index contributed by atoms with van der Waals surface area (Å²) in [4.78, 5) is 9.90. The average Bonchev–Trinajstić information content (AvgIpc) is 2.47. The zero-order valence-corrected chi connectivity index (χ0v) is 14.7. The molecule has 2 atom stereocenters.